The molecule has 0 radical (unpaired) electrons. The van der Waals surface area contributed by atoms with E-state index in [1.807, 2.05) is 25.1 Å². The van der Waals surface area contributed by atoms with Gasteiger partial charge in [0.2, 0.25) is 0 Å². The number of nitrogens with one attached hydrogen (secondary N) is 1. The van der Waals surface area contributed by atoms with Crippen LogP contribution in [-0.4, -0.2) is 37.1 Å². The Hall–Kier alpha value is -0.620. The lowest BCUT2D eigenvalue weighted by Crippen LogP contribution is -2.24. The maximum Gasteiger partial charge on any atom is 0.119 e. The van der Waals surface area contributed by atoms with Crippen molar-refractivity contribution in [3.63, 3.8) is 0 Å². The van der Waals surface area contributed by atoms with Crippen molar-refractivity contribution in [1.82, 2.24) is 5.32 Å². The van der Waals surface area contributed by atoms with Crippen LogP contribution in [-0.2, 0) is 11.3 Å². The number of hydrogen-bond acceptors (Lipinski definition) is 4. The van der Waals surface area contributed by atoms with Gasteiger partial charge in [0.15, 0.2) is 0 Å². The first-order chi connectivity index (χ1) is 9.52. The Morgan fingerprint density at radius 1 is 1.30 bits per heavy atom. The third-order valence-electron chi connectivity index (χ3n) is 2.67. The van der Waals surface area contributed by atoms with E-state index in [-0.39, 0.29) is 6.61 Å². The molecule has 0 spiro atoms. The molecule has 0 saturated carbocycles. The second kappa shape index (κ2) is 9.34. The molecule has 1 atom stereocenters. The van der Waals surface area contributed by atoms with Gasteiger partial charge in [0.25, 0.3) is 0 Å². The van der Waals surface area contributed by atoms with Crippen LogP contribution in [0.3, 0.4) is 0 Å². The highest BCUT2D eigenvalue weighted by molar-refractivity contribution is 9.10. The molecule has 2 N–H and O–H groups in total. The molecule has 1 aromatic carbocycles. The molecule has 5 heteroatoms. The molecule has 1 unspecified atom stereocenters. The van der Waals surface area contributed by atoms with E-state index in [9.17, 15) is 5.11 Å². The SMILES string of the molecule is CCOCC(O)COc1ccc(Br)c(CNC(C)C)c1. The van der Waals surface area contributed by atoms with Gasteiger partial charge in [-0.15, -0.1) is 0 Å². The molecule has 0 aliphatic carbocycles. The summed E-state index contributed by atoms with van der Waals surface area (Å²) in [6.45, 7) is 8.03. The van der Waals surface area contributed by atoms with Gasteiger partial charge in [-0.1, -0.05) is 29.8 Å². The number of aliphatic hydroxyl groups excluding tert-OH is 1. The second-order valence-electron chi connectivity index (χ2n) is 4.91. The normalized spacial score (nSPS) is 12.7. The van der Waals surface area contributed by atoms with Crippen molar-refractivity contribution < 1.29 is 14.6 Å². The zero-order valence-electron chi connectivity index (χ0n) is 12.4. The van der Waals surface area contributed by atoms with Crippen LogP contribution in [0.25, 0.3) is 0 Å². The van der Waals surface area contributed by atoms with Gasteiger partial charge in [-0.3, -0.25) is 0 Å². The summed E-state index contributed by atoms with van der Waals surface area (Å²) in [4.78, 5) is 0. The van der Waals surface area contributed by atoms with Gasteiger partial charge in [-0.05, 0) is 30.7 Å². The fourth-order valence-corrected chi connectivity index (χ4v) is 1.97. The van der Waals surface area contributed by atoms with Crippen LogP contribution in [0, 0.1) is 0 Å². The molecule has 0 aliphatic heterocycles. The highest BCUT2D eigenvalue weighted by atomic mass is 79.9. The minimum Gasteiger partial charge on any atom is -0.491 e. The summed E-state index contributed by atoms with van der Waals surface area (Å²) in [6.07, 6.45) is -0.601. The first-order valence-electron chi connectivity index (χ1n) is 6.93. The number of halogens is 1. The number of ether oxygens (including phenoxy) is 2. The van der Waals surface area contributed by atoms with E-state index in [0.717, 1.165) is 22.3 Å². The summed E-state index contributed by atoms with van der Waals surface area (Å²) in [5.41, 5.74) is 1.13. The van der Waals surface area contributed by atoms with Crippen LogP contribution in [0.1, 0.15) is 26.3 Å². The van der Waals surface area contributed by atoms with E-state index in [4.69, 9.17) is 9.47 Å². The number of benzene rings is 1. The van der Waals surface area contributed by atoms with Crippen molar-refractivity contribution in [3.05, 3.63) is 28.2 Å². The molecule has 4 nitrogen and oxygen atoms in total. The van der Waals surface area contributed by atoms with Gasteiger partial charge in [-0.2, -0.15) is 0 Å². The number of rotatable bonds is 9. The lowest BCUT2D eigenvalue weighted by atomic mass is 10.2. The van der Waals surface area contributed by atoms with Crippen molar-refractivity contribution in [2.24, 2.45) is 0 Å². The highest BCUT2D eigenvalue weighted by Gasteiger charge is 2.07. The average molecular weight is 346 g/mol. The molecule has 0 saturated heterocycles. The summed E-state index contributed by atoms with van der Waals surface area (Å²) in [7, 11) is 0. The molecular formula is C15H24BrNO3. The molecule has 0 aliphatic rings. The molecule has 1 aromatic rings. The minimum atomic E-state index is -0.601. The molecule has 114 valence electrons. The quantitative estimate of drug-likeness (QED) is 0.722. The van der Waals surface area contributed by atoms with Crippen LogP contribution in [0.5, 0.6) is 5.75 Å². The maximum absolute atomic E-state index is 9.67. The van der Waals surface area contributed by atoms with Crippen molar-refractivity contribution in [1.29, 1.82) is 0 Å². The topological polar surface area (TPSA) is 50.7 Å². The minimum absolute atomic E-state index is 0.235. The van der Waals surface area contributed by atoms with E-state index in [2.05, 4.69) is 35.1 Å². The fraction of sp³-hybridized carbons (Fsp3) is 0.600. The molecule has 20 heavy (non-hydrogen) atoms. The predicted octanol–water partition coefficient (Wildman–Crippen LogP) is 2.72. The highest BCUT2D eigenvalue weighted by Crippen LogP contribution is 2.22. The maximum atomic E-state index is 9.67. The van der Waals surface area contributed by atoms with Crippen LogP contribution in [0.15, 0.2) is 22.7 Å². The molecule has 0 amide bonds. The number of hydrogen-bond donors (Lipinski definition) is 2. The molecule has 0 aromatic heterocycles. The largest absolute Gasteiger partial charge is 0.491 e. The lowest BCUT2D eigenvalue weighted by Gasteiger charge is -2.14. The van der Waals surface area contributed by atoms with Gasteiger partial charge >= 0.3 is 0 Å². The Labute approximate surface area is 129 Å². The predicted molar refractivity (Wildman–Crippen MR) is 84.1 cm³/mol. The van der Waals surface area contributed by atoms with Gasteiger partial charge in [0, 0.05) is 23.7 Å². The fourth-order valence-electron chi connectivity index (χ4n) is 1.58. The van der Waals surface area contributed by atoms with Crippen LogP contribution >= 0.6 is 15.9 Å². The molecule has 0 fully saturated rings. The summed E-state index contributed by atoms with van der Waals surface area (Å²) in [5, 5.41) is 13.0. The van der Waals surface area contributed by atoms with E-state index in [1.54, 1.807) is 0 Å². The van der Waals surface area contributed by atoms with E-state index >= 15 is 0 Å². The zero-order chi connectivity index (χ0) is 15.0. The Morgan fingerprint density at radius 2 is 2.05 bits per heavy atom. The van der Waals surface area contributed by atoms with Crippen LogP contribution < -0.4 is 10.1 Å². The number of aliphatic hydroxyl groups is 1. The van der Waals surface area contributed by atoms with Crippen molar-refractivity contribution >= 4 is 15.9 Å². The Kier molecular flexibility index (Phi) is 8.14. The summed E-state index contributed by atoms with van der Waals surface area (Å²) < 4.78 is 11.8. The molecule has 0 heterocycles. The van der Waals surface area contributed by atoms with Crippen molar-refractivity contribution in [3.8, 4) is 5.75 Å². The van der Waals surface area contributed by atoms with Crippen LogP contribution in [0.2, 0.25) is 0 Å². The summed E-state index contributed by atoms with van der Waals surface area (Å²) in [6, 6.07) is 6.25. The van der Waals surface area contributed by atoms with E-state index < -0.39 is 6.10 Å². The molecule has 0 bridgehead atoms. The van der Waals surface area contributed by atoms with Gasteiger partial charge < -0.3 is 19.9 Å². The first-order valence-corrected chi connectivity index (χ1v) is 7.72. The Balaban J connectivity index is 2.51. The third-order valence-corrected chi connectivity index (χ3v) is 3.45. The van der Waals surface area contributed by atoms with E-state index in [1.165, 1.54) is 0 Å². The monoisotopic (exact) mass is 345 g/mol. The Morgan fingerprint density at radius 3 is 2.70 bits per heavy atom. The second-order valence-corrected chi connectivity index (χ2v) is 5.77. The zero-order valence-corrected chi connectivity index (χ0v) is 13.9. The standard InChI is InChI=1S/C15H24BrNO3/c1-4-19-9-13(18)10-20-14-5-6-15(16)12(7-14)8-17-11(2)3/h5-7,11,13,17-18H,4,8-10H2,1-3H3. The van der Waals surface area contributed by atoms with Gasteiger partial charge in [0.1, 0.15) is 18.5 Å². The van der Waals surface area contributed by atoms with Gasteiger partial charge in [-0.25, -0.2) is 0 Å². The molecular weight excluding hydrogens is 322 g/mol. The first kappa shape index (κ1) is 17.4. The van der Waals surface area contributed by atoms with Crippen LogP contribution in [0.4, 0.5) is 0 Å². The third kappa shape index (κ3) is 6.70. The smallest absolute Gasteiger partial charge is 0.119 e. The van der Waals surface area contributed by atoms with E-state index in [0.29, 0.717) is 19.3 Å². The molecule has 1 rings (SSSR count). The average Bonchev–Trinajstić information content (AvgIpc) is 2.42. The van der Waals surface area contributed by atoms with Gasteiger partial charge in [0.05, 0.1) is 6.61 Å². The van der Waals surface area contributed by atoms with Crippen molar-refractivity contribution in [2.75, 3.05) is 19.8 Å². The summed E-state index contributed by atoms with van der Waals surface area (Å²) >= 11 is 3.53. The summed E-state index contributed by atoms with van der Waals surface area (Å²) in [5.74, 6) is 0.754. The van der Waals surface area contributed by atoms with Crippen molar-refractivity contribution in [2.45, 2.75) is 39.5 Å². The Bertz CT molecular complexity index is 399. The lowest BCUT2D eigenvalue weighted by molar-refractivity contribution is 0.0164.